The fraction of sp³-hybridized carbons (Fsp3) is 0.389. The van der Waals surface area contributed by atoms with E-state index in [-0.39, 0.29) is 5.56 Å². The third-order valence-electron chi connectivity index (χ3n) is 4.45. The molecular weight excluding hydrogens is 342 g/mol. The van der Waals surface area contributed by atoms with Crippen molar-refractivity contribution in [2.75, 3.05) is 24.6 Å². The Kier molecular flexibility index (Phi) is 5.71. The van der Waals surface area contributed by atoms with Crippen LogP contribution in [0.5, 0.6) is 5.75 Å². The summed E-state index contributed by atoms with van der Waals surface area (Å²) >= 11 is 5.77. The largest absolute Gasteiger partial charge is 0.494 e. The molecule has 2 aromatic rings. The van der Waals surface area contributed by atoms with E-state index in [1.807, 2.05) is 6.07 Å². The summed E-state index contributed by atoms with van der Waals surface area (Å²) in [6.45, 7) is 2.54. The van der Waals surface area contributed by atoms with Gasteiger partial charge in [-0.2, -0.15) is 0 Å². The highest BCUT2D eigenvalue weighted by Gasteiger charge is 2.20. The Hall–Kier alpha value is -2.34. The zero-order valence-corrected chi connectivity index (χ0v) is 14.5. The zero-order valence-electron chi connectivity index (χ0n) is 13.8. The number of rotatable bonds is 6. The normalized spacial score (nSPS) is 15.2. The van der Waals surface area contributed by atoms with E-state index in [9.17, 15) is 4.79 Å². The van der Waals surface area contributed by atoms with Gasteiger partial charge in [0.25, 0.3) is 0 Å². The molecule has 1 aliphatic rings. The van der Waals surface area contributed by atoms with Gasteiger partial charge in [-0.15, -0.1) is 10.2 Å². The van der Waals surface area contributed by atoms with Crippen molar-refractivity contribution in [3.8, 4) is 5.75 Å². The Bertz CT molecular complexity index is 699. The number of carboxylic acids is 1. The fourth-order valence-electron chi connectivity index (χ4n) is 2.97. The number of nitrogens with zero attached hydrogens (tertiary/aromatic N) is 3. The number of aromatic carboxylic acids is 1. The molecule has 132 valence electrons. The Labute approximate surface area is 151 Å². The summed E-state index contributed by atoms with van der Waals surface area (Å²) in [7, 11) is 0. The average molecular weight is 362 g/mol. The first-order valence-corrected chi connectivity index (χ1v) is 8.70. The Balaban J connectivity index is 1.40. The molecule has 1 fully saturated rings. The van der Waals surface area contributed by atoms with Crippen LogP contribution in [-0.4, -0.2) is 41.0 Å². The van der Waals surface area contributed by atoms with Crippen LogP contribution in [0.1, 0.15) is 29.6 Å². The molecule has 1 aromatic heterocycles. The van der Waals surface area contributed by atoms with Crippen LogP contribution in [0.4, 0.5) is 5.82 Å². The number of benzene rings is 1. The first-order chi connectivity index (χ1) is 12.1. The molecule has 0 atom stereocenters. The van der Waals surface area contributed by atoms with Gasteiger partial charge in [-0.25, -0.2) is 4.79 Å². The molecule has 1 aliphatic heterocycles. The van der Waals surface area contributed by atoms with Gasteiger partial charge in [0.15, 0.2) is 11.0 Å². The Morgan fingerprint density at radius 1 is 1.16 bits per heavy atom. The first kappa shape index (κ1) is 17.5. The minimum Gasteiger partial charge on any atom is -0.494 e. The molecular formula is C18H20ClN3O3. The van der Waals surface area contributed by atoms with Crippen molar-refractivity contribution >= 4 is 23.4 Å². The number of carbonyl (C=O) groups is 1. The van der Waals surface area contributed by atoms with Crippen molar-refractivity contribution in [1.82, 2.24) is 10.2 Å². The van der Waals surface area contributed by atoms with E-state index in [0.717, 1.165) is 38.2 Å². The number of hydrogen-bond acceptors (Lipinski definition) is 5. The standard InChI is InChI=1S/C18H20ClN3O3/c19-16-5-6-17(21-20-16)22-10-7-13(8-11-22)9-12-25-15-3-1-14(2-4-15)18(23)24/h1-6,13H,7-12H2,(H,23,24). The lowest BCUT2D eigenvalue weighted by atomic mass is 9.94. The van der Waals surface area contributed by atoms with E-state index in [1.54, 1.807) is 30.3 Å². The van der Waals surface area contributed by atoms with E-state index in [2.05, 4.69) is 15.1 Å². The number of hydrogen-bond donors (Lipinski definition) is 1. The van der Waals surface area contributed by atoms with Gasteiger partial charge in [0.05, 0.1) is 12.2 Å². The van der Waals surface area contributed by atoms with Gasteiger partial charge in [0, 0.05) is 13.1 Å². The predicted molar refractivity (Wildman–Crippen MR) is 95.5 cm³/mol. The zero-order chi connectivity index (χ0) is 17.6. The second-order valence-corrected chi connectivity index (χ2v) is 6.50. The number of anilines is 1. The van der Waals surface area contributed by atoms with Crippen molar-refractivity contribution in [3.05, 3.63) is 47.1 Å². The van der Waals surface area contributed by atoms with Gasteiger partial charge in [-0.3, -0.25) is 0 Å². The average Bonchev–Trinajstić information content (AvgIpc) is 2.63. The van der Waals surface area contributed by atoms with Gasteiger partial charge in [0.1, 0.15) is 5.75 Å². The Morgan fingerprint density at radius 3 is 2.48 bits per heavy atom. The molecule has 0 aliphatic carbocycles. The highest BCUT2D eigenvalue weighted by atomic mass is 35.5. The molecule has 0 amide bonds. The summed E-state index contributed by atoms with van der Waals surface area (Å²) in [5, 5.41) is 17.3. The highest BCUT2D eigenvalue weighted by Crippen LogP contribution is 2.24. The van der Waals surface area contributed by atoms with E-state index in [1.165, 1.54) is 0 Å². The molecule has 6 nitrogen and oxygen atoms in total. The Morgan fingerprint density at radius 2 is 1.88 bits per heavy atom. The maximum absolute atomic E-state index is 10.8. The highest BCUT2D eigenvalue weighted by molar-refractivity contribution is 6.29. The van der Waals surface area contributed by atoms with Crippen LogP contribution in [0.3, 0.4) is 0 Å². The minimum absolute atomic E-state index is 0.269. The lowest BCUT2D eigenvalue weighted by Crippen LogP contribution is -2.34. The van der Waals surface area contributed by atoms with E-state index >= 15 is 0 Å². The molecule has 0 unspecified atom stereocenters. The molecule has 3 rings (SSSR count). The molecule has 1 N–H and O–H groups in total. The number of aromatic nitrogens is 2. The first-order valence-electron chi connectivity index (χ1n) is 8.32. The van der Waals surface area contributed by atoms with Crippen LogP contribution < -0.4 is 9.64 Å². The topological polar surface area (TPSA) is 75.6 Å². The predicted octanol–water partition coefficient (Wildman–Crippen LogP) is 3.51. The van der Waals surface area contributed by atoms with Crippen LogP contribution in [0.15, 0.2) is 36.4 Å². The van der Waals surface area contributed by atoms with Crippen molar-refractivity contribution in [3.63, 3.8) is 0 Å². The summed E-state index contributed by atoms with van der Waals surface area (Å²) in [6.07, 6.45) is 3.16. The second-order valence-electron chi connectivity index (χ2n) is 6.11. The quantitative estimate of drug-likeness (QED) is 0.848. The SMILES string of the molecule is O=C(O)c1ccc(OCCC2CCN(c3ccc(Cl)nn3)CC2)cc1. The van der Waals surface area contributed by atoms with E-state index in [0.29, 0.717) is 23.4 Å². The number of carboxylic acid groups (broad SMARTS) is 1. The molecule has 0 saturated carbocycles. The molecule has 7 heteroatoms. The fourth-order valence-corrected chi connectivity index (χ4v) is 3.07. The molecule has 1 aromatic carbocycles. The van der Waals surface area contributed by atoms with Gasteiger partial charge in [-0.1, -0.05) is 11.6 Å². The second kappa shape index (κ2) is 8.16. The molecule has 0 spiro atoms. The lowest BCUT2D eigenvalue weighted by Gasteiger charge is -2.32. The smallest absolute Gasteiger partial charge is 0.335 e. The maximum atomic E-state index is 10.8. The van der Waals surface area contributed by atoms with Crippen LogP contribution in [0.25, 0.3) is 0 Å². The van der Waals surface area contributed by atoms with Crippen LogP contribution in [0, 0.1) is 5.92 Å². The summed E-state index contributed by atoms with van der Waals surface area (Å²) in [5.74, 6) is 1.27. The van der Waals surface area contributed by atoms with Crippen molar-refractivity contribution < 1.29 is 14.6 Å². The molecule has 2 heterocycles. The summed E-state index contributed by atoms with van der Waals surface area (Å²) in [4.78, 5) is 13.0. The van der Waals surface area contributed by atoms with Gasteiger partial charge in [0.2, 0.25) is 0 Å². The molecule has 25 heavy (non-hydrogen) atoms. The van der Waals surface area contributed by atoms with Gasteiger partial charge >= 0.3 is 5.97 Å². The van der Waals surface area contributed by atoms with E-state index < -0.39 is 5.97 Å². The third kappa shape index (κ3) is 4.82. The monoisotopic (exact) mass is 361 g/mol. The van der Waals surface area contributed by atoms with E-state index in [4.69, 9.17) is 21.4 Å². The van der Waals surface area contributed by atoms with Crippen molar-refractivity contribution in [2.24, 2.45) is 5.92 Å². The third-order valence-corrected chi connectivity index (χ3v) is 4.65. The summed E-state index contributed by atoms with van der Waals surface area (Å²) < 4.78 is 5.72. The summed E-state index contributed by atoms with van der Waals surface area (Å²) in [6, 6.07) is 10.2. The van der Waals surface area contributed by atoms with Crippen molar-refractivity contribution in [1.29, 1.82) is 0 Å². The van der Waals surface area contributed by atoms with Crippen LogP contribution in [-0.2, 0) is 0 Å². The molecule has 0 radical (unpaired) electrons. The minimum atomic E-state index is -0.927. The maximum Gasteiger partial charge on any atom is 0.335 e. The van der Waals surface area contributed by atoms with Crippen LogP contribution in [0.2, 0.25) is 5.15 Å². The molecule has 0 bridgehead atoms. The van der Waals surface area contributed by atoms with Crippen molar-refractivity contribution in [2.45, 2.75) is 19.3 Å². The van der Waals surface area contributed by atoms with Crippen LogP contribution >= 0.6 is 11.6 Å². The number of halogens is 1. The lowest BCUT2D eigenvalue weighted by molar-refractivity contribution is 0.0697. The van der Waals surface area contributed by atoms with Gasteiger partial charge in [-0.05, 0) is 61.6 Å². The number of ether oxygens (including phenoxy) is 1. The van der Waals surface area contributed by atoms with Gasteiger partial charge < -0.3 is 14.7 Å². The molecule has 1 saturated heterocycles. The number of piperidine rings is 1. The summed E-state index contributed by atoms with van der Waals surface area (Å²) in [5.41, 5.74) is 0.269.